The average Bonchev–Trinajstić information content (AvgIpc) is 3.11. The largest absolute Gasteiger partial charge is 0.481 e. The van der Waals surface area contributed by atoms with E-state index >= 15 is 0 Å². The fraction of sp³-hybridized carbons (Fsp3) is 0.167. The molecular weight excluding hydrogens is 431 g/mol. The third-order valence-corrected chi connectivity index (χ3v) is 5.58. The summed E-state index contributed by atoms with van der Waals surface area (Å²) < 4.78 is 19.7. The van der Waals surface area contributed by atoms with Crippen LogP contribution in [-0.4, -0.2) is 28.7 Å². The van der Waals surface area contributed by atoms with Crippen molar-refractivity contribution in [2.75, 3.05) is 6.61 Å². The van der Waals surface area contributed by atoms with Crippen LogP contribution < -0.4 is 5.32 Å². The fourth-order valence-electron chi connectivity index (χ4n) is 4.11. The Morgan fingerprint density at radius 2 is 1.67 bits per heavy atom. The minimum Gasteiger partial charge on any atom is -0.481 e. The number of nitro benzene ring substituents is 1. The van der Waals surface area contributed by atoms with Crippen molar-refractivity contribution in [2.24, 2.45) is 0 Å². The lowest BCUT2D eigenvalue weighted by atomic mass is 9.98. The molecule has 8 nitrogen and oxygen atoms in total. The Labute approximate surface area is 187 Å². The van der Waals surface area contributed by atoms with Gasteiger partial charge in [0.2, 0.25) is 0 Å². The number of alkyl carbamates (subject to hydrolysis) is 1. The number of carbonyl (C=O) groups is 2. The Hall–Kier alpha value is -4.27. The van der Waals surface area contributed by atoms with Crippen molar-refractivity contribution in [3.8, 4) is 11.1 Å². The molecule has 0 bridgehead atoms. The first-order chi connectivity index (χ1) is 15.8. The van der Waals surface area contributed by atoms with Crippen LogP contribution in [0.25, 0.3) is 11.1 Å². The second-order valence-electron chi connectivity index (χ2n) is 7.58. The highest BCUT2D eigenvalue weighted by molar-refractivity contribution is 5.79. The summed E-state index contributed by atoms with van der Waals surface area (Å²) in [5.74, 6) is -2.40. The van der Waals surface area contributed by atoms with Gasteiger partial charge in [-0.05, 0) is 28.3 Å². The highest BCUT2D eigenvalue weighted by atomic mass is 19.1. The zero-order valence-corrected chi connectivity index (χ0v) is 17.2. The van der Waals surface area contributed by atoms with Crippen molar-refractivity contribution in [2.45, 2.75) is 18.4 Å². The van der Waals surface area contributed by atoms with Crippen LogP contribution >= 0.6 is 0 Å². The van der Waals surface area contributed by atoms with Crippen molar-refractivity contribution in [3.05, 3.63) is 99.4 Å². The van der Waals surface area contributed by atoms with Crippen LogP contribution in [-0.2, 0) is 9.53 Å². The summed E-state index contributed by atoms with van der Waals surface area (Å²) in [5, 5.41) is 22.6. The molecule has 9 heteroatoms. The molecule has 0 aromatic heterocycles. The lowest BCUT2D eigenvalue weighted by Crippen LogP contribution is -2.32. The molecule has 0 radical (unpaired) electrons. The molecule has 3 aromatic carbocycles. The summed E-state index contributed by atoms with van der Waals surface area (Å²) in [6.07, 6.45) is -1.63. The Bertz CT molecular complexity index is 1200. The van der Waals surface area contributed by atoms with Crippen LogP contribution in [0.15, 0.2) is 66.7 Å². The molecular formula is C24H19FN2O6. The van der Waals surface area contributed by atoms with Crippen LogP contribution in [0.4, 0.5) is 14.9 Å². The summed E-state index contributed by atoms with van der Waals surface area (Å²) in [4.78, 5) is 34.1. The van der Waals surface area contributed by atoms with Crippen LogP contribution in [0.5, 0.6) is 0 Å². The second-order valence-corrected chi connectivity index (χ2v) is 7.58. The molecule has 0 unspecified atom stereocenters. The maximum absolute atomic E-state index is 14.3. The van der Waals surface area contributed by atoms with Crippen molar-refractivity contribution >= 4 is 17.7 Å². The number of hydrogen-bond acceptors (Lipinski definition) is 5. The number of nitrogens with one attached hydrogen (secondary N) is 1. The summed E-state index contributed by atoms with van der Waals surface area (Å²) >= 11 is 0. The average molecular weight is 450 g/mol. The van der Waals surface area contributed by atoms with Gasteiger partial charge in [-0.15, -0.1) is 0 Å². The number of carboxylic acid groups (broad SMARTS) is 1. The van der Waals surface area contributed by atoms with Gasteiger partial charge in [-0.1, -0.05) is 48.5 Å². The van der Waals surface area contributed by atoms with E-state index in [-0.39, 0.29) is 18.1 Å². The summed E-state index contributed by atoms with van der Waals surface area (Å²) in [7, 11) is 0. The van der Waals surface area contributed by atoms with E-state index in [2.05, 4.69) is 5.32 Å². The number of ether oxygens (including phenoxy) is 1. The van der Waals surface area contributed by atoms with Gasteiger partial charge >= 0.3 is 12.1 Å². The van der Waals surface area contributed by atoms with E-state index in [0.29, 0.717) is 0 Å². The third kappa shape index (κ3) is 4.52. The smallest absolute Gasteiger partial charge is 0.407 e. The van der Waals surface area contributed by atoms with Crippen molar-refractivity contribution in [1.29, 1.82) is 0 Å². The molecule has 33 heavy (non-hydrogen) atoms. The Balaban J connectivity index is 1.52. The Kier molecular flexibility index (Phi) is 6.03. The maximum atomic E-state index is 14.3. The molecule has 0 heterocycles. The number of non-ortho nitro benzene ring substituents is 1. The first kappa shape index (κ1) is 21.9. The van der Waals surface area contributed by atoms with Gasteiger partial charge in [0.15, 0.2) is 0 Å². The van der Waals surface area contributed by atoms with E-state index < -0.39 is 41.0 Å². The molecule has 1 aliphatic carbocycles. The molecule has 1 aliphatic rings. The molecule has 0 saturated carbocycles. The van der Waals surface area contributed by atoms with Crippen molar-refractivity contribution < 1.29 is 28.7 Å². The van der Waals surface area contributed by atoms with Gasteiger partial charge in [-0.2, -0.15) is 0 Å². The molecule has 0 fully saturated rings. The van der Waals surface area contributed by atoms with E-state index in [1.165, 1.54) is 0 Å². The molecule has 0 saturated heterocycles. The lowest BCUT2D eigenvalue weighted by Gasteiger charge is -2.19. The minimum absolute atomic E-state index is 0.0168. The first-order valence-electron chi connectivity index (χ1n) is 10.1. The van der Waals surface area contributed by atoms with Gasteiger partial charge in [-0.3, -0.25) is 14.9 Å². The van der Waals surface area contributed by atoms with E-state index in [1.807, 2.05) is 48.5 Å². The van der Waals surface area contributed by atoms with Crippen LogP contribution in [0.3, 0.4) is 0 Å². The molecule has 0 aliphatic heterocycles. The summed E-state index contributed by atoms with van der Waals surface area (Å²) in [5.41, 5.74) is 3.36. The van der Waals surface area contributed by atoms with E-state index in [0.717, 1.165) is 40.5 Å². The second kappa shape index (κ2) is 9.07. The first-order valence-corrected chi connectivity index (χ1v) is 10.1. The SMILES string of the molecule is O=C(O)C[C@@H](NC(=O)OCC1c2ccccc2-c2ccccc21)c1cc([N+](=O)[O-])ccc1F. The van der Waals surface area contributed by atoms with E-state index in [4.69, 9.17) is 4.74 Å². The van der Waals surface area contributed by atoms with Crippen LogP contribution in [0.2, 0.25) is 0 Å². The van der Waals surface area contributed by atoms with Gasteiger partial charge < -0.3 is 15.2 Å². The van der Waals surface area contributed by atoms with E-state index in [9.17, 15) is 29.2 Å². The number of halogens is 1. The third-order valence-electron chi connectivity index (χ3n) is 5.58. The topological polar surface area (TPSA) is 119 Å². The van der Waals surface area contributed by atoms with E-state index in [1.54, 1.807) is 0 Å². The van der Waals surface area contributed by atoms with Crippen molar-refractivity contribution in [3.63, 3.8) is 0 Å². The van der Waals surface area contributed by atoms with Gasteiger partial charge in [-0.25, -0.2) is 9.18 Å². The van der Waals surface area contributed by atoms with Gasteiger partial charge in [0.05, 0.1) is 17.4 Å². The molecule has 168 valence electrons. The van der Waals surface area contributed by atoms with Crippen molar-refractivity contribution in [1.82, 2.24) is 5.32 Å². The molecule has 0 spiro atoms. The Morgan fingerprint density at radius 3 is 2.24 bits per heavy atom. The minimum atomic E-state index is -1.35. The standard InChI is InChI=1S/C24H19FN2O6/c25-21-10-9-14(27(31)32)11-19(21)22(12-23(28)29)26-24(30)33-13-20-17-7-3-1-5-15(17)16-6-2-4-8-18(16)20/h1-11,20,22H,12-13H2,(H,26,30)(H,28,29)/t22-/m1/s1. The number of benzene rings is 3. The maximum Gasteiger partial charge on any atom is 0.407 e. The number of rotatable bonds is 7. The number of amides is 1. The molecule has 2 N–H and O–H groups in total. The normalized spacial score (nSPS) is 13.0. The number of nitrogens with zero attached hydrogens (tertiary/aromatic N) is 1. The van der Waals surface area contributed by atoms with Crippen LogP contribution in [0.1, 0.15) is 35.1 Å². The number of carbonyl (C=O) groups excluding carboxylic acids is 1. The lowest BCUT2D eigenvalue weighted by molar-refractivity contribution is -0.385. The number of hydrogen-bond donors (Lipinski definition) is 2. The summed E-state index contributed by atoms with van der Waals surface area (Å²) in [6, 6.07) is 16.9. The highest BCUT2D eigenvalue weighted by Gasteiger charge is 2.30. The predicted octanol–water partition coefficient (Wildman–Crippen LogP) is 4.79. The highest BCUT2D eigenvalue weighted by Crippen LogP contribution is 2.44. The zero-order chi connectivity index (χ0) is 23.5. The predicted molar refractivity (Wildman–Crippen MR) is 116 cm³/mol. The summed E-state index contributed by atoms with van der Waals surface area (Å²) in [6.45, 7) is -0.0168. The van der Waals surface area contributed by atoms with Gasteiger partial charge in [0, 0.05) is 23.6 Å². The van der Waals surface area contributed by atoms with Gasteiger partial charge in [0.1, 0.15) is 12.4 Å². The number of carboxylic acids is 1. The monoisotopic (exact) mass is 450 g/mol. The van der Waals surface area contributed by atoms with Gasteiger partial charge in [0.25, 0.3) is 5.69 Å². The Morgan fingerprint density at radius 1 is 1.06 bits per heavy atom. The quantitative estimate of drug-likeness (QED) is 0.395. The number of nitro groups is 1. The molecule has 1 atom stereocenters. The van der Waals surface area contributed by atoms with Crippen LogP contribution in [0, 0.1) is 15.9 Å². The number of aliphatic carboxylic acids is 1. The number of fused-ring (bicyclic) bond motifs is 3. The molecule has 3 aromatic rings. The zero-order valence-electron chi connectivity index (χ0n) is 17.2. The fourth-order valence-corrected chi connectivity index (χ4v) is 4.11. The molecule has 4 rings (SSSR count). The molecule has 1 amide bonds.